The molecule has 0 bridgehead atoms. The quantitative estimate of drug-likeness (QED) is 0.497. The summed E-state index contributed by atoms with van der Waals surface area (Å²) < 4.78 is 37.8. The van der Waals surface area contributed by atoms with Crippen LogP contribution < -0.4 is 9.80 Å². The Hall–Kier alpha value is -3.60. The minimum absolute atomic E-state index is 0.0179. The largest absolute Gasteiger partial charge is 0.465 e. The summed E-state index contributed by atoms with van der Waals surface area (Å²) in [5.74, 6) is -1.43. The average molecular weight is 558 g/mol. The van der Waals surface area contributed by atoms with Gasteiger partial charge in [-0.3, -0.25) is 0 Å². The van der Waals surface area contributed by atoms with Crippen LogP contribution in [-0.2, 0) is 29.1 Å². The van der Waals surface area contributed by atoms with Crippen LogP contribution >= 0.6 is 11.6 Å². The number of sulfonamides is 1. The molecule has 38 heavy (non-hydrogen) atoms. The first-order valence-corrected chi connectivity index (χ1v) is 13.7. The van der Waals surface area contributed by atoms with E-state index in [2.05, 4.69) is 0 Å². The molecule has 2 aromatic rings. The van der Waals surface area contributed by atoms with Gasteiger partial charge in [-0.1, -0.05) is 41.4 Å². The van der Waals surface area contributed by atoms with E-state index in [-0.39, 0.29) is 29.3 Å². The van der Waals surface area contributed by atoms with Crippen LogP contribution in [0.2, 0.25) is 5.02 Å². The first-order valence-electron chi connectivity index (χ1n) is 11.8. The number of carbonyl (C=O) groups excluding carboxylic acids is 2. The number of esters is 2. The zero-order chi connectivity index (χ0) is 27.4. The molecule has 1 fully saturated rings. The molecule has 0 radical (unpaired) electrons. The Kier molecular flexibility index (Phi) is 8.25. The summed E-state index contributed by atoms with van der Waals surface area (Å²) in [4.78, 5) is 29.2. The molecule has 2 aliphatic heterocycles. The Morgan fingerprint density at radius 3 is 2.18 bits per heavy atom. The second kappa shape index (κ2) is 11.4. The van der Waals surface area contributed by atoms with Gasteiger partial charge >= 0.3 is 11.9 Å². The topological polar surface area (TPSA) is 96.5 Å². The molecule has 0 unspecified atom stereocenters. The fraction of sp³-hybridized carbons (Fsp3) is 0.259. The van der Waals surface area contributed by atoms with Gasteiger partial charge in [0.1, 0.15) is 5.70 Å². The number of aryl methyl sites for hydroxylation is 1. The van der Waals surface area contributed by atoms with Crippen molar-refractivity contribution < 1.29 is 27.5 Å². The van der Waals surface area contributed by atoms with E-state index in [1.165, 1.54) is 29.5 Å². The van der Waals surface area contributed by atoms with Gasteiger partial charge in [-0.2, -0.15) is 4.31 Å². The van der Waals surface area contributed by atoms with E-state index >= 15 is 0 Å². The number of nitrogens with zero attached hydrogens (tertiary/aromatic N) is 3. The smallest absolute Gasteiger partial charge is 0.355 e. The maximum atomic E-state index is 13.2. The third-order valence-corrected chi connectivity index (χ3v) is 8.55. The summed E-state index contributed by atoms with van der Waals surface area (Å²) >= 11 is 6.68. The van der Waals surface area contributed by atoms with Gasteiger partial charge in [-0.25, -0.2) is 18.0 Å². The Morgan fingerprint density at radius 2 is 1.55 bits per heavy atom. The molecular formula is C27H28ClN3O6S. The van der Waals surface area contributed by atoms with Gasteiger partial charge in [0.2, 0.25) is 10.0 Å². The Bertz CT molecular complexity index is 1430. The zero-order valence-electron chi connectivity index (χ0n) is 21.3. The molecule has 0 amide bonds. The number of hydrogen-bond acceptors (Lipinski definition) is 8. The van der Waals surface area contributed by atoms with Crippen LogP contribution in [0, 0.1) is 6.92 Å². The third kappa shape index (κ3) is 5.33. The van der Waals surface area contributed by atoms with E-state index in [1.807, 2.05) is 11.8 Å². The molecule has 2 heterocycles. The van der Waals surface area contributed by atoms with Crippen molar-refractivity contribution in [1.82, 2.24) is 4.31 Å². The molecule has 2 aliphatic rings. The highest BCUT2D eigenvalue weighted by Gasteiger charge is 2.33. The van der Waals surface area contributed by atoms with Crippen LogP contribution in [0.4, 0.5) is 11.4 Å². The number of piperazine rings is 1. The Balaban J connectivity index is 1.69. The third-order valence-electron chi connectivity index (χ3n) is 6.33. The normalized spacial score (nSPS) is 16.4. The second-order valence-corrected chi connectivity index (χ2v) is 11.0. The van der Waals surface area contributed by atoms with Crippen molar-refractivity contribution in [2.24, 2.45) is 0 Å². The molecule has 4 rings (SSSR count). The first kappa shape index (κ1) is 27.4. The van der Waals surface area contributed by atoms with Gasteiger partial charge < -0.3 is 19.3 Å². The molecule has 0 N–H and O–H groups in total. The zero-order valence-corrected chi connectivity index (χ0v) is 22.8. The molecule has 9 nitrogen and oxygen atoms in total. The van der Waals surface area contributed by atoms with Crippen molar-refractivity contribution in [2.75, 3.05) is 50.2 Å². The van der Waals surface area contributed by atoms with Gasteiger partial charge in [-0.05, 0) is 43.3 Å². The summed E-state index contributed by atoms with van der Waals surface area (Å²) in [5.41, 5.74) is 2.08. The van der Waals surface area contributed by atoms with Gasteiger partial charge in [0, 0.05) is 32.4 Å². The van der Waals surface area contributed by atoms with Crippen molar-refractivity contribution in [2.45, 2.75) is 11.8 Å². The minimum Gasteiger partial charge on any atom is -0.465 e. The fourth-order valence-electron chi connectivity index (χ4n) is 4.37. The SMILES string of the molecule is COC(=O)C1=C(C(=O)OC)N(c2cccc(Cl)c2N2CCN(S(=O)(=O)c3ccc(C)cc3)CC2)C=CC=C1. The average Bonchev–Trinajstić information content (AvgIpc) is 3.15. The number of halogens is 1. The van der Waals surface area contributed by atoms with Crippen molar-refractivity contribution in [3.05, 3.63) is 88.7 Å². The van der Waals surface area contributed by atoms with Crippen LogP contribution in [0.3, 0.4) is 0 Å². The van der Waals surface area contributed by atoms with Crippen molar-refractivity contribution in [1.29, 1.82) is 0 Å². The second-order valence-electron chi connectivity index (χ2n) is 8.63. The highest BCUT2D eigenvalue weighted by atomic mass is 35.5. The molecule has 2 aromatic carbocycles. The standard InChI is InChI=1S/C27H28ClN3O6S/c1-19-10-12-20(13-11-19)38(34,35)30-17-15-29(16-18-30)25-22(28)8-6-9-23(25)31-14-5-4-7-21(26(32)36-2)24(31)27(33)37-3/h4-14H,15-18H2,1-3H3. The lowest BCUT2D eigenvalue weighted by molar-refractivity contribution is -0.139. The molecule has 11 heteroatoms. The fourth-order valence-corrected chi connectivity index (χ4v) is 6.09. The number of para-hydroxylation sites is 1. The monoisotopic (exact) mass is 557 g/mol. The van der Waals surface area contributed by atoms with E-state index in [1.54, 1.807) is 60.8 Å². The lowest BCUT2D eigenvalue weighted by Gasteiger charge is -2.38. The van der Waals surface area contributed by atoms with Gasteiger partial charge in [-0.15, -0.1) is 0 Å². The molecule has 0 saturated carbocycles. The molecule has 0 atom stereocenters. The van der Waals surface area contributed by atoms with E-state index in [9.17, 15) is 18.0 Å². The molecular weight excluding hydrogens is 530 g/mol. The number of anilines is 2. The van der Waals surface area contributed by atoms with E-state index in [4.69, 9.17) is 21.1 Å². The van der Waals surface area contributed by atoms with Crippen LogP contribution in [-0.4, -0.2) is 65.1 Å². The number of rotatable bonds is 6. The van der Waals surface area contributed by atoms with Crippen molar-refractivity contribution in [3.8, 4) is 0 Å². The molecule has 0 aliphatic carbocycles. The van der Waals surface area contributed by atoms with E-state index in [0.29, 0.717) is 29.5 Å². The summed E-state index contributed by atoms with van der Waals surface area (Å²) in [6.45, 7) is 3.11. The Labute approximate surface area is 227 Å². The number of ether oxygens (including phenoxy) is 2. The summed E-state index contributed by atoms with van der Waals surface area (Å²) in [6.07, 6.45) is 6.41. The number of allylic oxidation sites excluding steroid dienone is 2. The maximum Gasteiger partial charge on any atom is 0.355 e. The highest BCUT2D eigenvalue weighted by molar-refractivity contribution is 7.89. The van der Waals surface area contributed by atoms with Crippen LogP contribution in [0.1, 0.15) is 5.56 Å². The van der Waals surface area contributed by atoms with Gasteiger partial charge in [0.15, 0.2) is 0 Å². The molecule has 0 aromatic heterocycles. The number of hydrogen-bond donors (Lipinski definition) is 0. The predicted octanol–water partition coefficient (Wildman–Crippen LogP) is 3.65. The number of methoxy groups -OCH3 is 2. The van der Waals surface area contributed by atoms with Crippen LogP contribution in [0.25, 0.3) is 0 Å². The lowest BCUT2D eigenvalue weighted by atomic mass is 10.1. The first-order chi connectivity index (χ1) is 18.2. The number of carbonyl (C=O) groups is 2. The maximum absolute atomic E-state index is 13.2. The highest BCUT2D eigenvalue weighted by Crippen LogP contribution is 2.40. The van der Waals surface area contributed by atoms with Crippen molar-refractivity contribution in [3.63, 3.8) is 0 Å². The molecule has 0 spiro atoms. The van der Waals surface area contributed by atoms with Gasteiger partial charge in [0.05, 0.1) is 41.1 Å². The predicted molar refractivity (Wildman–Crippen MR) is 145 cm³/mol. The van der Waals surface area contributed by atoms with Crippen LogP contribution in [0.15, 0.2) is 83.1 Å². The van der Waals surface area contributed by atoms with Crippen molar-refractivity contribution >= 4 is 44.9 Å². The van der Waals surface area contributed by atoms with E-state index < -0.39 is 22.0 Å². The summed E-state index contributed by atoms with van der Waals surface area (Å²) in [5, 5.41) is 0.409. The van der Waals surface area contributed by atoms with E-state index in [0.717, 1.165) is 5.56 Å². The van der Waals surface area contributed by atoms with Gasteiger partial charge in [0.25, 0.3) is 0 Å². The summed E-state index contributed by atoms with van der Waals surface area (Å²) in [6, 6.07) is 12.0. The van der Waals surface area contributed by atoms with Crippen LogP contribution in [0.5, 0.6) is 0 Å². The molecule has 1 saturated heterocycles. The molecule has 200 valence electrons. The lowest BCUT2D eigenvalue weighted by Crippen LogP contribution is -2.49. The Morgan fingerprint density at radius 1 is 0.895 bits per heavy atom. The minimum atomic E-state index is -3.65. The number of benzene rings is 2. The summed E-state index contributed by atoms with van der Waals surface area (Å²) in [7, 11) is -1.19.